The number of rotatable bonds is 9. The van der Waals surface area contributed by atoms with Gasteiger partial charge in [0.25, 0.3) is 11.8 Å². The number of nitrogens with zero attached hydrogens (tertiary/aromatic N) is 2. The van der Waals surface area contributed by atoms with Gasteiger partial charge >= 0.3 is 6.09 Å². The third-order valence-corrected chi connectivity index (χ3v) is 7.29. The second kappa shape index (κ2) is 12.0. The maximum Gasteiger partial charge on any atom is 0.436 e. The first-order valence-electron chi connectivity index (χ1n) is 13.2. The van der Waals surface area contributed by atoms with E-state index in [1.807, 2.05) is 56.3 Å². The van der Waals surface area contributed by atoms with E-state index in [2.05, 4.69) is 34.9 Å². The van der Waals surface area contributed by atoms with Crippen molar-refractivity contribution >= 4 is 45.3 Å². The third-order valence-electron chi connectivity index (χ3n) is 6.18. The van der Waals surface area contributed by atoms with Crippen LogP contribution in [0.3, 0.4) is 0 Å². The molecule has 9 nitrogen and oxygen atoms in total. The number of carbonyl (C=O) groups is 3. The number of anilines is 1. The van der Waals surface area contributed by atoms with Crippen LogP contribution in [0, 0.1) is 0 Å². The van der Waals surface area contributed by atoms with Gasteiger partial charge in [-0.2, -0.15) is 4.68 Å². The zero-order valence-electron chi connectivity index (χ0n) is 23.6. The molecule has 10 heteroatoms. The molecule has 2 amide bonds. The molecule has 4 aromatic rings. The Balaban J connectivity index is 1.62. The van der Waals surface area contributed by atoms with Gasteiger partial charge < -0.3 is 20.7 Å². The smallest absolute Gasteiger partial charge is 0.436 e. The molecule has 0 atom stereocenters. The molecule has 0 aliphatic rings. The highest BCUT2D eigenvalue weighted by Crippen LogP contribution is 2.33. The van der Waals surface area contributed by atoms with Crippen LogP contribution in [-0.4, -0.2) is 39.8 Å². The van der Waals surface area contributed by atoms with E-state index < -0.39 is 11.6 Å². The summed E-state index contributed by atoms with van der Waals surface area (Å²) in [5.74, 6) is -0.514. The predicted molar refractivity (Wildman–Crippen MR) is 158 cm³/mol. The van der Waals surface area contributed by atoms with Crippen LogP contribution < -0.4 is 16.0 Å². The van der Waals surface area contributed by atoms with Crippen LogP contribution in [0.4, 0.5) is 10.6 Å². The van der Waals surface area contributed by atoms with Crippen molar-refractivity contribution in [1.82, 2.24) is 20.4 Å². The van der Waals surface area contributed by atoms with Gasteiger partial charge in [-0.1, -0.05) is 56.3 Å². The van der Waals surface area contributed by atoms with Crippen molar-refractivity contribution in [2.45, 2.75) is 65.8 Å². The molecule has 0 unspecified atom stereocenters. The number of amides is 2. The molecule has 2 heterocycles. The number of carbonyl (C=O) groups excluding carboxylic acids is 3. The molecule has 0 bridgehead atoms. The Hall–Kier alpha value is -4.02. The Morgan fingerprint density at radius 1 is 0.975 bits per heavy atom. The van der Waals surface area contributed by atoms with Crippen LogP contribution >= 0.6 is 11.3 Å². The molecule has 0 saturated carbocycles. The van der Waals surface area contributed by atoms with E-state index in [0.717, 1.165) is 27.1 Å². The molecule has 3 N–H and O–H groups in total. The van der Waals surface area contributed by atoms with Gasteiger partial charge in [-0.05, 0) is 57.0 Å². The minimum atomic E-state index is -0.694. The number of hydrogen-bond acceptors (Lipinski definition) is 7. The third kappa shape index (κ3) is 6.75. The molecule has 0 spiro atoms. The van der Waals surface area contributed by atoms with E-state index in [1.54, 1.807) is 32.0 Å². The zero-order chi connectivity index (χ0) is 29.0. The van der Waals surface area contributed by atoms with Gasteiger partial charge in [-0.15, -0.1) is 16.4 Å². The van der Waals surface area contributed by atoms with Crippen molar-refractivity contribution < 1.29 is 19.1 Å². The maximum absolute atomic E-state index is 13.3. The van der Waals surface area contributed by atoms with Gasteiger partial charge in [-0.3, -0.25) is 9.59 Å². The van der Waals surface area contributed by atoms with Crippen LogP contribution in [0.1, 0.15) is 72.7 Å². The number of benzene rings is 2. The lowest BCUT2D eigenvalue weighted by Gasteiger charge is -2.26. The van der Waals surface area contributed by atoms with Gasteiger partial charge in [0.15, 0.2) is 5.82 Å². The molecule has 0 aliphatic carbocycles. The van der Waals surface area contributed by atoms with Gasteiger partial charge in [0.1, 0.15) is 4.83 Å². The van der Waals surface area contributed by atoms with E-state index >= 15 is 0 Å². The number of fused-ring (bicyclic) bond motifs is 1. The molecule has 2 aromatic heterocycles. The van der Waals surface area contributed by atoms with Crippen molar-refractivity contribution in [1.29, 1.82) is 0 Å². The lowest BCUT2D eigenvalue weighted by Crippen LogP contribution is -2.40. The zero-order valence-corrected chi connectivity index (χ0v) is 24.4. The average Bonchev–Trinajstić information content (AvgIpc) is 3.48. The molecule has 0 fully saturated rings. The Bertz CT molecular complexity index is 1500. The quantitative estimate of drug-likeness (QED) is 0.234. The van der Waals surface area contributed by atoms with Crippen molar-refractivity contribution in [3.05, 3.63) is 82.2 Å². The second-order valence-corrected chi connectivity index (χ2v) is 11.7. The normalized spacial score (nSPS) is 11.7. The topological polar surface area (TPSA) is 114 Å². The minimum Gasteiger partial charge on any atom is -0.445 e. The first kappa shape index (κ1) is 29.0. The number of aromatic nitrogens is 2. The summed E-state index contributed by atoms with van der Waals surface area (Å²) in [6, 6.07) is 18.9. The number of hydrogen-bond donors (Lipinski definition) is 3. The van der Waals surface area contributed by atoms with E-state index in [4.69, 9.17) is 4.74 Å². The highest BCUT2D eigenvalue weighted by molar-refractivity contribution is 7.20. The monoisotopic (exact) mass is 561 g/mol. The van der Waals surface area contributed by atoms with Crippen molar-refractivity contribution in [3.8, 4) is 0 Å². The summed E-state index contributed by atoms with van der Waals surface area (Å²) >= 11 is 1.11. The summed E-state index contributed by atoms with van der Waals surface area (Å²) in [6.07, 6.45) is -1.07. The van der Waals surface area contributed by atoms with Crippen molar-refractivity contribution in [2.24, 2.45) is 0 Å². The highest BCUT2D eigenvalue weighted by atomic mass is 32.1. The number of ether oxygens (including phenoxy) is 1. The lowest BCUT2D eigenvalue weighted by molar-refractivity contribution is 0.0915. The van der Waals surface area contributed by atoms with Crippen LogP contribution in [0.15, 0.2) is 60.7 Å². The standard InChI is InChI=1S/C30H35N5O4S/c1-18(2)31-17-20-12-14-21(15-13-20)26(36)32-25-23-16-24(40-28(23)35(34-25)29(38)39-19(3)4)27(37)33-30(5,6)22-10-8-7-9-11-22/h7-16,18-19,31H,17H2,1-6H3,(H,33,37)(H,32,34,36). The fraction of sp³-hybridized carbons (Fsp3) is 0.333. The molecule has 4 rings (SSSR count). The van der Waals surface area contributed by atoms with Gasteiger partial charge in [0, 0.05) is 18.2 Å². The van der Waals surface area contributed by atoms with E-state index in [0.29, 0.717) is 33.2 Å². The van der Waals surface area contributed by atoms with Gasteiger partial charge in [-0.25, -0.2) is 4.79 Å². The van der Waals surface area contributed by atoms with E-state index in [9.17, 15) is 14.4 Å². The molecular formula is C30H35N5O4S. The van der Waals surface area contributed by atoms with Gasteiger partial charge in [0.05, 0.1) is 21.9 Å². The fourth-order valence-electron chi connectivity index (χ4n) is 4.04. The van der Waals surface area contributed by atoms with Crippen LogP contribution in [-0.2, 0) is 16.8 Å². The molecule has 0 radical (unpaired) electrons. The van der Waals surface area contributed by atoms with Crippen LogP contribution in [0.5, 0.6) is 0 Å². The number of thiophene rings is 1. The predicted octanol–water partition coefficient (Wildman–Crippen LogP) is 5.91. The Labute approximate surface area is 237 Å². The molecular weight excluding hydrogens is 526 g/mol. The molecule has 0 aliphatic heterocycles. The van der Waals surface area contributed by atoms with Crippen LogP contribution in [0.2, 0.25) is 0 Å². The SMILES string of the molecule is CC(C)NCc1ccc(C(=O)Nc2nn(C(=O)OC(C)C)c3sc(C(=O)NC(C)(C)c4ccccc4)cc23)cc1. The summed E-state index contributed by atoms with van der Waals surface area (Å²) in [5.41, 5.74) is 1.82. The summed E-state index contributed by atoms with van der Waals surface area (Å²) in [5, 5.41) is 14.0. The number of nitrogens with one attached hydrogen (secondary N) is 3. The molecule has 40 heavy (non-hydrogen) atoms. The summed E-state index contributed by atoms with van der Waals surface area (Å²) in [4.78, 5) is 40.0. The highest BCUT2D eigenvalue weighted by Gasteiger charge is 2.27. The molecule has 210 valence electrons. The first-order chi connectivity index (χ1) is 18.9. The summed E-state index contributed by atoms with van der Waals surface area (Å²) in [6.45, 7) is 12.2. The van der Waals surface area contributed by atoms with Crippen LogP contribution in [0.25, 0.3) is 10.2 Å². The lowest BCUT2D eigenvalue weighted by atomic mass is 9.94. The van der Waals surface area contributed by atoms with E-state index in [1.165, 1.54) is 0 Å². The average molecular weight is 562 g/mol. The molecule has 0 saturated heterocycles. The minimum absolute atomic E-state index is 0.170. The summed E-state index contributed by atoms with van der Waals surface area (Å²) < 4.78 is 6.45. The maximum atomic E-state index is 13.3. The second-order valence-electron chi connectivity index (χ2n) is 10.7. The van der Waals surface area contributed by atoms with Crippen molar-refractivity contribution in [2.75, 3.05) is 5.32 Å². The largest absolute Gasteiger partial charge is 0.445 e. The Kier molecular flexibility index (Phi) is 8.70. The summed E-state index contributed by atoms with van der Waals surface area (Å²) in [7, 11) is 0. The van der Waals surface area contributed by atoms with E-state index in [-0.39, 0.29) is 23.7 Å². The Morgan fingerprint density at radius 2 is 1.65 bits per heavy atom. The molecule has 2 aromatic carbocycles. The fourth-order valence-corrected chi connectivity index (χ4v) is 5.03. The van der Waals surface area contributed by atoms with Gasteiger partial charge in [0.2, 0.25) is 0 Å². The Morgan fingerprint density at radius 3 is 2.27 bits per heavy atom. The first-order valence-corrected chi connectivity index (χ1v) is 14.0. The van der Waals surface area contributed by atoms with Crippen molar-refractivity contribution in [3.63, 3.8) is 0 Å².